The Balaban J connectivity index is 1.60. The molecule has 0 fully saturated rings. The van der Waals surface area contributed by atoms with Crippen molar-refractivity contribution in [1.29, 1.82) is 0 Å². The third kappa shape index (κ3) is 6.19. The molecule has 0 spiro atoms. The van der Waals surface area contributed by atoms with Gasteiger partial charge < -0.3 is 16.4 Å². The van der Waals surface area contributed by atoms with Crippen LogP contribution in [0.1, 0.15) is 32.8 Å². The lowest BCUT2D eigenvalue weighted by Crippen LogP contribution is -2.47. The fourth-order valence-electron chi connectivity index (χ4n) is 3.12. The Morgan fingerprint density at radius 3 is 2.39 bits per heavy atom. The normalized spacial score (nSPS) is 12.3. The van der Waals surface area contributed by atoms with Crippen LogP contribution < -0.4 is 16.4 Å². The quantitative estimate of drug-likeness (QED) is 0.437. The van der Waals surface area contributed by atoms with E-state index in [1.807, 2.05) is 48.5 Å². The highest BCUT2D eigenvalue weighted by atomic mass is 16.2. The van der Waals surface area contributed by atoms with E-state index in [-0.39, 0.29) is 18.2 Å². The first kappa shape index (κ1) is 22.1. The molecule has 0 aliphatic heterocycles. The molecule has 162 valence electrons. The largest absolute Gasteiger partial charge is 0.350 e. The van der Waals surface area contributed by atoms with E-state index in [9.17, 15) is 9.59 Å². The first-order chi connectivity index (χ1) is 14.7. The summed E-state index contributed by atoms with van der Waals surface area (Å²) in [5, 5.41) is 19.7. The summed E-state index contributed by atoms with van der Waals surface area (Å²) in [6.45, 7) is 5.53. The lowest BCUT2D eigenvalue weighted by molar-refractivity contribution is -0.129. The van der Waals surface area contributed by atoms with Crippen molar-refractivity contribution in [2.24, 2.45) is 5.73 Å². The molecule has 0 saturated heterocycles. The highest BCUT2D eigenvalue weighted by molar-refractivity contribution is 5.87. The number of hydrogen-bond donors (Lipinski definition) is 4. The number of hydrogen-bond acceptors (Lipinski definition) is 6. The van der Waals surface area contributed by atoms with Crippen LogP contribution >= 0.6 is 0 Å². The molecule has 1 heterocycles. The molecule has 0 saturated carbocycles. The van der Waals surface area contributed by atoms with E-state index in [2.05, 4.69) is 31.3 Å². The van der Waals surface area contributed by atoms with E-state index < -0.39 is 11.6 Å². The van der Waals surface area contributed by atoms with Crippen molar-refractivity contribution in [3.63, 3.8) is 0 Å². The molecule has 2 amide bonds. The maximum absolute atomic E-state index is 12.3. The minimum atomic E-state index is -0.643. The van der Waals surface area contributed by atoms with Gasteiger partial charge in [-0.1, -0.05) is 48.5 Å². The van der Waals surface area contributed by atoms with Gasteiger partial charge >= 0.3 is 0 Å². The van der Waals surface area contributed by atoms with E-state index in [1.54, 1.807) is 20.8 Å². The zero-order chi connectivity index (χ0) is 22.4. The summed E-state index contributed by atoms with van der Waals surface area (Å²) in [5.41, 5.74) is 9.02. The van der Waals surface area contributed by atoms with E-state index >= 15 is 0 Å². The average molecular weight is 422 g/mol. The van der Waals surface area contributed by atoms with Gasteiger partial charge in [-0.2, -0.15) is 5.21 Å². The van der Waals surface area contributed by atoms with Gasteiger partial charge in [0.2, 0.25) is 17.6 Å². The van der Waals surface area contributed by atoms with Crippen LogP contribution in [-0.2, 0) is 16.1 Å². The molecule has 2 aromatic carbocycles. The van der Waals surface area contributed by atoms with Crippen LogP contribution in [0, 0.1) is 0 Å². The topological polar surface area (TPSA) is 139 Å². The zero-order valence-corrected chi connectivity index (χ0v) is 17.8. The molecular formula is C22H27N7O2. The van der Waals surface area contributed by atoms with Gasteiger partial charge in [0.1, 0.15) is 6.04 Å². The lowest BCUT2D eigenvalue weighted by atomic mass is 9.98. The number of nitrogens with one attached hydrogen (secondary N) is 3. The lowest BCUT2D eigenvalue weighted by Gasteiger charge is -2.20. The summed E-state index contributed by atoms with van der Waals surface area (Å²) in [6, 6.07) is 15.0. The molecule has 0 radical (unpaired) electrons. The molecule has 1 aromatic heterocycles. The van der Waals surface area contributed by atoms with Crippen molar-refractivity contribution < 1.29 is 9.59 Å². The zero-order valence-electron chi connectivity index (χ0n) is 17.8. The number of nitrogens with zero attached hydrogens (tertiary/aromatic N) is 3. The molecule has 1 atom stereocenters. The van der Waals surface area contributed by atoms with Crippen LogP contribution in [0.15, 0.2) is 48.5 Å². The molecule has 0 bridgehead atoms. The predicted octanol–water partition coefficient (Wildman–Crippen LogP) is 1.78. The summed E-state index contributed by atoms with van der Waals surface area (Å²) in [5.74, 6) is 0.0236. The number of aromatic nitrogens is 4. The van der Waals surface area contributed by atoms with Gasteiger partial charge in [-0.3, -0.25) is 9.59 Å². The van der Waals surface area contributed by atoms with Crippen molar-refractivity contribution >= 4 is 11.8 Å². The third-order valence-corrected chi connectivity index (χ3v) is 4.63. The molecular weight excluding hydrogens is 394 g/mol. The molecule has 0 aliphatic rings. The van der Waals surface area contributed by atoms with Crippen LogP contribution in [0.25, 0.3) is 22.5 Å². The summed E-state index contributed by atoms with van der Waals surface area (Å²) in [7, 11) is 0. The Morgan fingerprint density at radius 2 is 1.77 bits per heavy atom. The second-order valence-electron chi connectivity index (χ2n) is 8.15. The van der Waals surface area contributed by atoms with Crippen molar-refractivity contribution in [1.82, 2.24) is 31.3 Å². The van der Waals surface area contributed by atoms with E-state index in [0.717, 1.165) is 22.3 Å². The fraction of sp³-hybridized carbons (Fsp3) is 0.318. The maximum Gasteiger partial charge on any atom is 0.242 e. The molecule has 31 heavy (non-hydrogen) atoms. The first-order valence-electron chi connectivity index (χ1n) is 10.0. The van der Waals surface area contributed by atoms with Crippen LogP contribution in [0.4, 0.5) is 0 Å². The van der Waals surface area contributed by atoms with E-state index in [4.69, 9.17) is 5.73 Å². The van der Waals surface area contributed by atoms with Gasteiger partial charge in [0.15, 0.2) is 0 Å². The summed E-state index contributed by atoms with van der Waals surface area (Å²) >= 11 is 0. The molecule has 0 aliphatic carbocycles. The minimum Gasteiger partial charge on any atom is -0.350 e. The number of carbonyl (C=O) groups is 2. The molecule has 5 N–H and O–H groups in total. The minimum absolute atomic E-state index is 0.150. The standard InChI is InChI=1S/C22H27N7O2/c1-14(25-19(30)12-22(2,3)23)21(31)24-13-15-8-10-16(11-9-15)17-6-4-5-7-18(17)20-26-28-29-27-20/h4-11,14H,12-13,23H2,1-3H3,(H,24,31)(H,25,30)(H,26,27,28,29)/t14-/m1/s1. The van der Waals surface area contributed by atoms with Crippen molar-refractivity contribution in [3.05, 3.63) is 54.1 Å². The van der Waals surface area contributed by atoms with Crippen LogP contribution in [-0.4, -0.2) is 44.0 Å². The van der Waals surface area contributed by atoms with Gasteiger partial charge in [-0.05, 0) is 42.7 Å². The highest BCUT2D eigenvalue weighted by Gasteiger charge is 2.20. The Hall–Kier alpha value is -3.59. The maximum atomic E-state index is 12.3. The van der Waals surface area contributed by atoms with Gasteiger partial charge in [-0.15, -0.1) is 10.2 Å². The molecule has 3 aromatic rings. The summed E-state index contributed by atoms with van der Waals surface area (Å²) in [6.07, 6.45) is 0.150. The number of nitrogens with two attached hydrogens (primary N) is 1. The number of amides is 2. The summed E-state index contributed by atoms with van der Waals surface area (Å²) < 4.78 is 0. The van der Waals surface area contributed by atoms with Crippen LogP contribution in [0.3, 0.4) is 0 Å². The second-order valence-corrected chi connectivity index (χ2v) is 8.15. The fourth-order valence-corrected chi connectivity index (χ4v) is 3.12. The molecule has 9 heteroatoms. The van der Waals surface area contributed by atoms with E-state index in [0.29, 0.717) is 12.4 Å². The number of aromatic amines is 1. The third-order valence-electron chi connectivity index (χ3n) is 4.63. The number of carbonyl (C=O) groups excluding carboxylic acids is 2. The Bertz CT molecular complexity index is 1020. The van der Waals surface area contributed by atoms with Gasteiger partial charge in [-0.25, -0.2) is 0 Å². The van der Waals surface area contributed by atoms with Gasteiger partial charge in [0.05, 0.1) is 0 Å². The highest BCUT2D eigenvalue weighted by Crippen LogP contribution is 2.29. The summed E-state index contributed by atoms with van der Waals surface area (Å²) in [4.78, 5) is 24.2. The van der Waals surface area contributed by atoms with Crippen LogP contribution in [0.5, 0.6) is 0 Å². The average Bonchev–Trinajstić information content (AvgIpc) is 3.25. The second kappa shape index (κ2) is 9.48. The number of benzene rings is 2. The van der Waals surface area contributed by atoms with Crippen molar-refractivity contribution in [2.75, 3.05) is 0 Å². The van der Waals surface area contributed by atoms with Crippen LogP contribution in [0.2, 0.25) is 0 Å². The Labute approximate surface area is 180 Å². The van der Waals surface area contributed by atoms with E-state index in [1.165, 1.54) is 0 Å². The Kier molecular flexibility index (Phi) is 6.76. The van der Waals surface area contributed by atoms with Crippen molar-refractivity contribution in [3.8, 4) is 22.5 Å². The SMILES string of the molecule is C[C@@H](NC(=O)CC(C)(C)N)C(=O)NCc1ccc(-c2ccccc2-c2nn[nH]n2)cc1. The molecule has 0 unspecified atom stereocenters. The number of tetrazole rings is 1. The smallest absolute Gasteiger partial charge is 0.242 e. The Morgan fingerprint density at radius 1 is 1.10 bits per heavy atom. The number of H-pyrrole nitrogens is 1. The van der Waals surface area contributed by atoms with Gasteiger partial charge in [0, 0.05) is 24.1 Å². The van der Waals surface area contributed by atoms with Crippen molar-refractivity contribution in [2.45, 2.75) is 45.3 Å². The molecule has 3 rings (SSSR count). The van der Waals surface area contributed by atoms with Gasteiger partial charge in [0.25, 0.3) is 0 Å². The monoisotopic (exact) mass is 421 g/mol. The molecule has 9 nitrogen and oxygen atoms in total. The number of rotatable bonds is 8. The first-order valence-corrected chi connectivity index (χ1v) is 10.0. The predicted molar refractivity (Wildman–Crippen MR) is 117 cm³/mol.